The summed E-state index contributed by atoms with van der Waals surface area (Å²) in [4.78, 5) is 24.8. The zero-order valence-electron chi connectivity index (χ0n) is 14.0. The standard InChI is InChI=1S/C18H20N2O5/c1-24-14-8-6-13(7-9-14)15-5-3-2-4-12-19(15)18(21)16-10-11-17(25-16)20(22)23/h6-11,15H,2-5,12H2,1H3/t15-/m1/s1. The molecule has 7 heteroatoms. The molecule has 1 amide bonds. The lowest BCUT2D eigenvalue weighted by Gasteiger charge is -2.29. The highest BCUT2D eigenvalue weighted by Gasteiger charge is 2.30. The molecule has 1 atom stereocenters. The van der Waals surface area contributed by atoms with Crippen molar-refractivity contribution in [1.82, 2.24) is 4.90 Å². The number of methoxy groups -OCH3 is 1. The molecule has 0 radical (unpaired) electrons. The van der Waals surface area contributed by atoms with Crippen LogP contribution in [0.4, 0.5) is 5.88 Å². The Balaban J connectivity index is 1.88. The van der Waals surface area contributed by atoms with Gasteiger partial charge in [-0.1, -0.05) is 25.0 Å². The van der Waals surface area contributed by atoms with Gasteiger partial charge in [0.25, 0.3) is 5.91 Å². The van der Waals surface area contributed by atoms with Gasteiger partial charge in [-0.25, -0.2) is 0 Å². The van der Waals surface area contributed by atoms with Crippen molar-refractivity contribution in [2.45, 2.75) is 31.7 Å². The monoisotopic (exact) mass is 344 g/mol. The molecule has 2 heterocycles. The Morgan fingerprint density at radius 3 is 2.60 bits per heavy atom. The predicted molar refractivity (Wildman–Crippen MR) is 90.6 cm³/mol. The van der Waals surface area contributed by atoms with Crippen LogP contribution in [-0.2, 0) is 0 Å². The molecule has 2 aromatic rings. The average Bonchev–Trinajstić information content (AvgIpc) is 3.00. The van der Waals surface area contributed by atoms with E-state index < -0.39 is 10.8 Å². The van der Waals surface area contributed by atoms with Crippen LogP contribution >= 0.6 is 0 Å². The third-order valence-electron chi connectivity index (χ3n) is 4.50. The van der Waals surface area contributed by atoms with Crippen molar-refractivity contribution in [3.63, 3.8) is 0 Å². The van der Waals surface area contributed by atoms with Gasteiger partial charge in [-0.3, -0.25) is 14.9 Å². The van der Waals surface area contributed by atoms with E-state index >= 15 is 0 Å². The molecule has 0 unspecified atom stereocenters. The molecule has 1 aromatic carbocycles. The second-order valence-corrected chi connectivity index (χ2v) is 6.03. The van der Waals surface area contributed by atoms with Crippen molar-refractivity contribution in [2.75, 3.05) is 13.7 Å². The fourth-order valence-electron chi connectivity index (χ4n) is 3.21. The Labute approximate surface area is 145 Å². The number of ether oxygens (including phenoxy) is 1. The minimum Gasteiger partial charge on any atom is -0.497 e. The fraction of sp³-hybridized carbons (Fsp3) is 0.389. The van der Waals surface area contributed by atoms with Gasteiger partial charge in [-0.2, -0.15) is 0 Å². The fourth-order valence-corrected chi connectivity index (χ4v) is 3.21. The number of likely N-dealkylation sites (tertiary alicyclic amines) is 1. The van der Waals surface area contributed by atoms with Crippen LogP contribution in [0, 0.1) is 10.1 Å². The van der Waals surface area contributed by atoms with E-state index in [2.05, 4.69) is 0 Å². The molecule has 0 bridgehead atoms. The zero-order chi connectivity index (χ0) is 17.8. The lowest BCUT2D eigenvalue weighted by atomic mass is 10.0. The van der Waals surface area contributed by atoms with E-state index in [1.807, 2.05) is 24.3 Å². The van der Waals surface area contributed by atoms with Gasteiger partial charge in [0.2, 0.25) is 0 Å². The molecule has 1 aromatic heterocycles. The molecular weight excluding hydrogens is 324 g/mol. The highest BCUT2D eigenvalue weighted by Crippen LogP contribution is 2.33. The second kappa shape index (κ2) is 7.38. The first-order valence-corrected chi connectivity index (χ1v) is 8.29. The summed E-state index contributed by atoms with van der Waals surface area (Å²) in [5.74, 6) is 0.0407. The molecule has 0 aliphatic carbocycles. The molecule has 0 saturated carbocycles. The average molecular weight is 344 g/mol. The smallest absolute Gasteiger partial charge is 0.433 e. The molecule has 0 N–H and O–H groups in total. The number of hydrogen-bond acceptors (Lipinski definition) is 5. The first kappa shape index (κ1) is 17.0. The van der Waals surface area contributed by atoms with E-state index in [-0.39, 0.29) is 17.7 Å². The molecule has 3 rings (SSSR count). The maximum absolute atomic E-state index is 12.9. The van der Waals surface area contributed by atoms with Crippen LogP contribution in [0.5, 0.6) is 5.75 Å². The minimum absolute atomic E-state index is 0.00658. The van der Waals surface area contributed by atoms with Crippen molar-refractivity contribution in [2.24, 2.45) is 0 Å². The molecule has 1 aliphatic heterocycles. The number of nitro groups is 1. The maximum atomic E-state index is 12.9. The van der Waals surface area contributed by atoms with Crippen LogP contribution in [0.1, 0.15) is 47.8 Å². The topological polar surface area (TPSA) is 85.8 Å². The summed E-state index contributed by atoms with van der Waals surface area (Å²) in [5.41, 5.74) is 1.03. The number of rotatable bonds is 4. The van der Waals surface area contributed by atoms with Gasteiger partial charge in [0, 0.05) is 6.54 Å². The maximum Gasteiger partial charge on any atom is 0.433 e. The lowest BCUT2D eigenvalue weighted by molar-refractivity contribution is -0.402. The highest BCUT2D eigenvalue weighted by atomic mass is 16.6. The van der Waals surface area contributed by atoms with E-state index in [0.29, 0.717) is 6.54 Å². The van der Waals surface area contributed by atoms with Crippen molar-refractivity contribution < 1.29 is 18.9 Å². The number of amides is 1. The normalized spacial score (nSPS) is 17.8. The Morgan fingerprint density at radius 2 is 1.96 bits per heavy atom. The highest BCUT2D eigenvalue weighted by molar-refractivity contribution is 5.92. The summed E-state index contributed by atoms with van der Waals surface area (Å²) >= 11 is 0. The zero-order valence-corrected chi connectivity index (χ0v) is 14.0. The first-order chi connectivity index (χ1) is 12.1. The van der Waals surface area contributed by atoms with Gasteiger partial charge in [0.15, 0.2) is 5.76 Å². The van der Waals surface area contributed by atoms with Crippen molar-refractivity contribution in [3.8, 4) is 5.75 Å². The van der Waals surface area contributed by atoms with Gasteiger partial charge in [-0.05, 0) is 36.6 Å². The van der Waals surface area contributed by atoms with Crippen LogP contribution in [0.2, 0.25) is 0 Å². The summed E-state index contributed by atoms with van der Waals surface area (Å²) in [6.07, 6.45) is 3.83. The van der Waals surface area contributed by atoms with Crippen LogP contribution in [0.3, 0.4) is 0 Å². The quantitative estimate of drug-likeness (QED) is 0.619. The molecule has 25 heavy (non-hydrogen) atoms. The summed E-state index contributed by atoms with van der Waals surface area (Å²) in [6, 6.07) is 10.2. The molecule has 1 saturated heterocycles. The van der Waals surface area contributed by atoms with Crippen molar-refractivity contribution in [1.29, 1.82) is 0 Å². The first-order valence-electron chi connectivity index (χ1n) is 8.29. The molecule has 1 fully saturated rings. The number of nitrogens with zero attached hydrogens (tertiary/aromatic N) is 2. The Hall–Kier alpha value is -2.83. The molecule has 1 aliphatic rings. The Bertz CT molecular complexity index is 753. The van der Waals surface area contributed by atoms with Gasteiger partial charge >= 0.3 is 5.88 Å². The van der Waals surface area contributed by atoms with Gasteiger partial charge < -0.3 is 14.1 Å². The van der Waals surface area contributed by atoms with Crippen LogP contribution in [-0.4, -0.2) is 29.4 Å². The molecule has 0 spiro atoms. The minimum atomic E-state index is -0.639. The summed E-state index contributed by atoms with van der Waals surface area (Å²) < 4.78 is 10.3. The SMILES string of the molecule is COc1ccc([C@H]2CCCCCN2C(=O)c2ccc([N+](=O)[O-])o2)cc1. The van der Waals surface area contributed by atoms with Crippen LogP contribution in [0.15, 0.2) is 40.8 Å². The van der Waals surface area contributed by atoms with E-state index in [9.17, 15) is 14.9 Å². The molecule has 132 valence electrons. The Kier molecular flexibility index (Phi) is 5.02. The van der Waals surface area contributed by atoms with Gasteiger partial charge in [0.1, 0.15) is 10.7 Å². The summed E-state index contributed by atoms with van der Waals surface area (Å²) in [5, 5.41) is 10.8. The second-order valence-electron chi connectivity index (χ2n) is 6.03. The third-order valence-corrected chi connectivity index (χ3v) is 4.50. The predicted octanol–water partition coefficient (Wildman–Crippen LogP) is 3.95. The van der Waals surface area contributed by atoms with E-state index in [0.717, 1.165) is 37.0 Å². The molecule has 7 nitrogen and oxygen atoms in total. The molecular formula is C18H20N2O5. The van der Waals surface area contributed by atoms with Crippen molar-refractivity contribution >= 4 is 11.8 Å². The van der Waals surface area contributed by atoms with Gasteiger partial charge in [0.05, 0.1) is 19.2 Å². The van der Waals surface area contributed by atoms with Gasteiger partial charge in [-0.15, -0.1) is 0 Å². The number of carbonyl (C=O) groups excluding carboxylic acids is 1. The van der Waals surface area contributed by atoms with E-state index in [4.69, 9.17) is 9.15 Å². The van der Waals surface area contributed by atoms with E-state index in [1.54, 1.807) is 12.0 Å². The van der Waals surface area contributed by atoms with E-state index in [1.165, 1.54) is 12.1 Å². The number of hydrogen-bond donors (Lipinski definition) is 0. The number of benzene rings is 1. The summed E-state index contributed by atoms with van der Waals surface area (Å²) in [6.45, 7) is 0.601. The van der Waals surface area contributed by atoms with Crippen LogP contribution in [0.25, 0.3) is 0 Å². The Morgan fingerprint density at radius 1 is 1.20 bits per heavy atom. The van der Waals surface area contributed by atoms with Crippen molar-refractivity contribution in [3.05, 3.63) is 57.8 Å². The number of carbonyl (C=O) groups is 1. The van der Waals surface area contributed by atoms with Crippen LogP contribution < -0.4 is 4.74 Å². The number of furan rings is 1. The largest absolute Gasteiger partial charge is 0.497 e. The lowest BCUT2D eigenvalue weighted by Crippen LogP contribution is -2.34. The third kappa shape index (κ3) is 3.65. The summed E-state index contributed by atoms with van der Waals surface area (Å²) in [7, 11) is 1.61.